The quantitative estimate of drug-likeness (QED) is 0.409. The number of phenols is 1. The van der Waals surface area contributed by atoms with Gasteiger partial charge in [-0.2, -0.15) is 0 Å². The van der Waals surface area contributed by atoms with Crippen LogP contribution >= 0.6 is 0 Å². The van der Waals surface area contributed by atoms with Crippen LogP contribution in [0.4, 0.5) is 5.69 Å². The summed E-state index contributed by atoms with van der Waals surface area (Å²) >= 11 is 0. The summed E-state index contributed by atoms with van der Waals surface area (Å²) in [5.74, 6) is -1.11. The van der Waals surface area contributed by atoms with E-state index in [1.54, 1.807) is 18.2 Å². The molecular formula is C20H15NO7. The maximum atomic E-state index is 12.6. The van der Waals surface area contributed by atoms with Crippen molar-refractivity contribution in [2.45, 2.75) is 6.42 Å². The zero-order chi connectivity index (χ0) is 20.3. The minimum absolute atomic E-state index is 0.00796. The summed E-state index contributed by atoms with van der Waals surface area (Å²) in [5.41, 5.74) is 0.650. The molecule has 0 saturated carbocycles. The number of ether oxygens (including phenoxy) is 1. The van der Waals surface area contributed by atoms with E-state index in [1.165, 1.54) is 36.4 Å². The Bertz CT molecular complexity index is 1100. The number of carbonyl (C=O) groups is 1. The predicted octanol–water partition coefficient (Wildman–Crippen LogP) is 3.30. The molecule has 0 fully saturated rings. The molecule has 0 unspecified atom stereocenters. The van der Waals surface area contributed by atoms with Gasteiger partial charge in [0.2, 0.25) is 5.76 Å². The summed E-state index contributed by atoms with van der Waals surface area (Å²) in [6.45, 7) is 0. The van der Waals surface area contributed by atoms with Crippen LogP contribution in [0.25, 0.3) is 11.1 Å². The minimum atomic E-state index is -0.825. The zero-order valence-corrected chi connectivity index (χ0v) is 14.7. The average Bonchev–Trinajstić information content (AvgIpc) is 2.70. The van der Waals surface area contributed by atoms with Crippen molar-refractivity contribution in [2.75, 3.05) is 7.11 Å². The molecule has 8 nitrogen and oxygen atoms in total. The monoisotopic (exact) mass is 381 g/mol. The van der Waals surface area contributed by atoms with Gasteiger partial charge in [-0.1, -0.05) is 18.2 Å². The Labute approximate surface area is 158 Å². The number of rotatable bonds is 5. The normalized spacial score (nSPS) is 10.5. The highest BCUT2D eigenvalue weighted by molar-refractivity contribution is 5.88. The molecule has 8 heteroatoms. The van der Waals surface area contributed by atoms with Crippen molar-refractivity contribution >= 4 is 11.7 Å². The fourth-order valence-electron chi connectivity index (χ4n) is 2.76. The minimum Gasteiger partial charge on any atom is -0.508 e. The number of nitro benzene ring substituents is 1. The van der Waals surface area contributed by atoms with Crippen LogP contribution in [0.15, 0.2) is 63.8 Å². The van der Waals surface area contributed by atoms with Crippen LogP contribution in [0.1, 0.15) is 21.7 Å². The average molecular weight is 381 g/mol. The molecule has 28 heavy (non-hydrogen) atoms. The van der Waals surface area contributed by atoms with Crippen LogP contribution in [0, 0.1) is 10.1 Å². The number of nitro groups is 1. The zero-order valence-electron chi connectivity index (χ0n) is 14.7. The lowest BCUT2D eigenvalue weighted by atomic mass is 9.95. The van der Waals surface area contributed by atoms with E-state index in [0.717, 1.165) is 7.11 Å². The second-order valence-electron chi connectivity index (χ2n) is 5.89. The van der Waals surface area contributed by atoms with Crippen molar-refractivity contribution in [2.24, 2.45) is 0 Å². The Kier molecular flexibility index (Phi) is 5.21. The molecule has 2 aromatic carbocycles. The number of hydrogen-bond acceptors (Lipinski definition) is 7. The smallest absolute Gasteiger partial charge is 0.374 e. The molecule has 0 aliphatic rings. The summed E-state index contributed by atoms with van der Waals surface area (Å²) in [6, 6.07) is 13.4. The SMILES string of the molecule is COC(=O)c1cc(-c2ccc([N+](=O)[O-])cc2)c(Cc2ccccc2O)c(=O)o1. The van der Waals surface area contributed by atoms with Crippen LogP contribution in [0.5, 0.6) is 5.75 Å². The number of methoxy groups -OCH3 is 1. The first-order chi connectivity index (χ1) is 13.4. The molecule has 0 atom stereocenters. The van der Waals surface area contributed by atoms with Gasteiger partial charge in [-0.05, 0) is 41.0 Å². The van der Waals surface area contributed by atoms with Crippen molar-refractivity contribution in [3.05, 3.63) is 92.0 Å². The summed E-state index contributed by atoms with van der Waals surface area (Å²) < 4.78 is 9.69. The highest BCUT2D eigenvalue weighted by atomic mass is 16.6. The van der Waals surface area contributed by atoms with Crippen molar-refractivity contribution in [3.63, 3.8) is 0 Å². The maximum absolute atomic E-state index is 12.6. The molecule has 0 saturated heterocycles. The molecule has 1 aromatic heterocycles. The van der Waals surface area contributed by atoms with Gasteiger partial charge in [0.05, 0.1) is 17.6 Å². The molecule has 0 amide bonds. The van der Waals surface area contributed by atoms with Crippen LogP contribution in [0.3, 0.4) is 0 Å². The first kappa shape index (κ1) is 18.8. The first-order valence-corrected chi connectivity index (χ1v) is 8.17. The lowest BCUT2D eigenvalue weighted by molar-refractivity contribution is -0.384. The van der Waals surface area contributed by atoms with Crippen LogP contribution in [-0.4, -0.2) is 23.1 Å². The summed E-state index contributed by atoms with van der Waals surface area (Å²) in [6.07, 6.45) is 0.0444. The fourth-order valence-corrected chi connectivity index (χ4v) is 2.76. The molecule has 0 radical (unpaired) electrons. The summed E-state index contributed by atoms with van der Waals surface area (Å²) in [7, 11) is 1.16. The highest BCUT2D eigenvalue weighted by Crippen LogP contribution is 2.28. The van der Waals surface area contributed by atoms with Crippen molar-refractivity contribution in [1.82, 2.24) is 0 Å². The van der Waals surface area contributed by atoms with Gasteiger partial charge in [-0.25, -0.2) is 9.59 Å². The number of phenolic OH excluding ortho intramolecular Hbond substituents is 1. The van der Waals surface area contributed by atoms with Gasteiger partial charge in [-0.3, -0.25) is 10.1 Å². The maximum Gasteiger partial charge on any atom is 0.374 e. The van der Waals surface area contributed by atoms with Gasteiger partial charge < -0.3 is 14.3 Å². The third-order valence-electron chi connectivity index (χ3n) is 4.18. The van der Waals surface area contributed by atoms with E-state index in [4.69, 9.17) is 4.42 Å². The Balaban J connectivity index is 2.17. The Morgan fingerprint density at radius 2 is 1.86 bits per heavy atom. The van der Waals surface area contributed by atoms with E-state index in [9.17, 15) is 24.8 Å². The van der Waals surface area contributed by atoms with Crippen LogP contribution in [0.2, 0.25) is 0 Å². The molecule has 3 rings (SSSR count). The number of carbonyl (C=O) groups excluding carboxylic acids is 1. The van der Waals surface area contributed by atoms with Gasteiger partial charge in [0.15, 0.2) is 0 Å². The molecule has 0 bridgehead atoms. The van der Waals surface area contributed by atoms with E-state index in [1.807, 2.05) is 0 Å². The van der Waals surface area contributed by atoms with Gasteiger partial charge >= 0.3 is 11.6 Å². The first-order valence-electron chi connectivity index (χ1n) is 8.17. The fraction of sp³-hybridized carbons (Fsp3) is 0.100. The van der Waals surface area contributed by atoms with Crippen LogP contribution in [-0.2, 0) is 11.2 Å². The third kappa shape index (κ3) is 3.75. The van der Waals surface area contributed by atoms with E-state index in [0.29, 0.717) is 16.7 Å². The van der Waals surface area contributed by atoms with Crippen molar-refractivity contribution in [1.29, 1.82) is 0 Å². The standard InChI is InChI=1S/C20H15NO7/c1-27-20(24)18-11-15(12-6-8-14(9-7-12)21(25)26)16(19(23)28-18)10-13-4-2-3-5-17(13)22/h2-9,11,22H,10H2,1H3. The summed E-state index contributed by atoms with van der Waals surface area (Å²) in [5, 5.41) is 20.9. The lowest BCUT2D eigenvalue weighted by Crippen LogP contribution is -2.14. The molecule has 0 aliphatic carbocycles. The van der Waals surface area contributed by atoms with E-state index >= 15 is 0 Å². The summed E-state index contributed by atoms with van der Waals surface area (Å²) in [4.78, 5) is 34.8. The largest absolute Gasteiger partial charge is 0.508 e. The predicted molar refractivity (Wildman–Crippen MR) is 99.3 cm³/mol. The number of nitrogens with zero attached hydrogens (tertiary/aromatic N) is 1. The number of esters is 1. The Morgan fingerprint density at radius 1 is 1.18 bits per heavy atom. The number of benzene rings is 2. The van der Waals surface area contributed by atoms with Crippen molar-refractivity contribution < 1.29 is 24.0 Å². The molecule has 3 aromatic rings. The molecule has 0 spiro atoms. The number of hydrogen-bond donors (Lipinski definition) is 1. The van der Waals surface area contributed by atoms with Gasteiger partial charge in [-0.15, -0.1) is 0 Å². The van der Waals surface area contributed by atoms with Gasteiger partial charge in [0, 0.05) is 18.6 Å². The van der Waals surface area contributed by atoms with E-state index < -0.39 is 16.5 Å². The Hall–Kier alpha value is -3.94. The molecule has 0 aliphatic heterocycles. The third-order valence-corrected chi connectivity index (χ3v) is 4.18. The lowest BCUT2D eigenvalue weighted by Gasteiger charge is -2.11. The Morgan fingerprint density at radius 3 is 2.46 bits per heavy atom. The molecule has 142 valence electrons. The van der Waals surface area contributed by atoms with E-state index in [-0.39, 0.29) is 29.2 Å². The number of aromatic hydroxyl groups is 1. The molecule has 1 N–H and O–H groups in total. The molecular weight excluding hydrogens is 366 g/mol. The number of para-hydroxylation sites is 1. The topological polar surface area (TPSA) is 120 Å². The molecule has 1 heterocycles. The van der Waals surface area contributed by atoms with Gasteiger partial charge in [0.25, 0.3) is 5.69 Å². The van der Waals surface area contributed by atoms with E-state index in [2.05, 4.69) is 4.74 Å². The number of non-ortho nitro benzene ring substituents is 1. The van der Waals surface area contributed by atoms with Crippen molar-refractivity contribution in [3.8, 4) is 16.9 Å². The second-order valence-corrected chi connectivity index (χ2v) is 5.89. The van der Waals surface area contributed by atoms with Crippen LogP contribution < -0.4 is 5.63 Å². The van der Waals surface area contributed by atoms with Gasteiger partial charge in [0.1, 0.15) is 5.75 Å². The highest BCUT2D eigenvalue weighted by Gasteiger charge is 2.20. The second kappa shape index (κ2) is 7.75.